The lowest BCUT2D eigenvalue weighted by molar-refractivity contribution is -0.225. The van der Waals surface area contributed by atoms with Crippen LogP contribution in [0.5, 0.6) is 0 Å². The van der Waals surface area contributed by atoms with Crippen molar-refractivity contribution in [3.05, 3.63) is 0 Å². The van der Waals surface area contributed by atoms with Gasteiger partial charge in [0.15, 0.2) is 0 Å². The molecule has 4 aliphatic carbocycles. The molecule has 0 aliphatic heterocycles. The molecular formula is C30H49N3O8. The van der Waals surface area contributed by atoms with E-state index in [4.69, 9.17) is 31.4 Å². The highest BCUT2D eigenvalue weighted by Gasteiger charge is 2.67. The van der Waals surface area contributed by atoms with Gasteiger partial charge < -0.3 is 36.5 Å². The van der Waals surface area contributed by atoms with E-state index in [1.165, 1.54) is 0 Å². The van der Waals surface area contributed by atoms with Crippen molar-refractivity contribution in [1.29, 1.82) is 0 Å². The number of carbonyl (C=O) groups excluding carboxylic acids is 3. The number of esters is 3. The molecule has 0 aromatic heterocycles. The second-order valence-electron chi connectivity index (χ2n) is 13.4. The average Bonchev–Trinajstić information content (AvgIpc) is 3.30. The molecular weight excluding hydrogens is 530 g/mol. The highest BCUT2D eigenvalue weighted by molar-refractivity contribution is 5.72. The Hall–Kier alpha value is -2.24. The van der Waals surface area contributed by atoms with Gasteiger partial charge in [0.2, 0.25) is 0 Å². The quantitative estimate of drug-likeness (QED) is 0.218. The van der Waals surface area contributed by atoms with Crippen molar-refractivity contribution < 1.29 is 38.5 Å². The molecule has 41 heavy (non-hydrogen) atoms. The zero-order valence-corrected chi connectivity index (χ0v) is 24.7. The van der Waals surface area contributed by atoms with E-state index in [2.05, 4.69) is 20.8 Å². The first-order chi connectivity index (χ1) is 19.4. The third-order valence-electron chi connectivity index (χ3n) is 11.6. The largest absolute Gasteiger partial charge is 0.481 e. The topological polar surface area (TPSA) is 194 Å². The third-order valence-corrected chi connectivity index (χ3v) is 11.6. The lowest BCUT2D eigenvalue weighted by atomic mass is 9.43. The zero-order valence-electron chi connectivity index (χ0n) is 24.7. The summed E-state index contributed by atoms with van der Waals surface area (Å²) >= 11 is 0. The summed E-state index contributed by atoms with van der Waals surface area (Å²) in [4.78, 5) is 48.7. The van der Waals surface area contributed by atoms with Crippen LogP contribution in [0, 0.1) is 46.3 Å². The fourth-order valence-corrected chi connectivity index (χ4v) is 9.68. The van der Waals surface area contributed by atoms with Crippen molar-refractivity contribution in [3.8, 4) is 0 Å². The van der Waals surface area contributed by atoms with Crippen LogP contribution in [0.1, 0.15) is 78.6 Å². The molecule has 4 rings (SSSR count). The monoisotopic (exact) mass is 579 g/mol. The molecule has 4 saturated carbocycles. The van der Waals surface area contributed by atoms with Crippen LogP contribution in [-0.2, 0) is 33.4 Å². The Kier molecular flexibility index (Phi) is 9.70. The van der Waals surface area contributed by atoms with Crippen molar-refractivity contribution in [3.63, 3.8) is 0 Å². The number of fused-ring (bicyclic) bond motifs is 5. The predicted molar refractivity (Wildman–Crippen MR) is 149 cm³/mol. The molecule has 0 radical (unpaired) electrons. The number of rotatable bonds is 10. The van der Waals surface area contributed by atoms with Crippen LogP contribution in [0.25, 0.3) is 0 Å². The predicted octanol–water partition coefficient (Wildman–Crippen LogP) is 1.98. The molecule has 11 heteroatoms. The Labute approximate surface area is 242 Å². The minimum atomic E-state index is -0.820. The van der Waals surface area contributed by atoms with E-state index in [-0.39, 0.29) is 85.3 Å². The molecule has 0 bridgehead atoms. The van der Waals surface area contributed by atoms with Crippen LogP contribution < -0.4 is 17.2 Å². The minimum Gasteiger partial charge on any atom is -0.481 e. The fraction of sp³-hybridized carbons (Fsp3) is 0.867. The molecule has 4 unspecified atom stereocenters. The van der Waals surface area contributed by atoms with Crippen molar-refractivity contribution in [2.75, 3.05) is 19.6 Å². The van der Waals surface area contributed by atoms with Crippen LogP contribution in [0.2, 0.25) is 0 Å². The van der Waals surface area contributed by atoms with Gasteiger partial charge in [-0.15, -0.1) is 0 Å². The highest BCUT2D eigenvalue weighted by Crippen LogP contribution is 2.69. The second-order valence-corrected chi connectivity index (χ2v) is 13.4. The number of carboxylic acids is 1. The molecule has 0 aromatic carbocycles. The zero-order chi connectivity index (χ0) is 30.1. The maximum absolute atomic E-state index is 12.7. The lowest BCUT2D eigenvalue weighted by Crippen LogP contribution is -2.63. The van der Waals surface area contributed by atoms with Gasteiger partial charge in [-0.25, -0.2) is 0 Å². The molecule has 0 aromatic rings. The summed E-state index contributed by atoms with van der Waals surface area (Å²) in [5.74, 6) is -1.49. The van der Waals surface area contributed by atoms with E-state index in [1.54, 1.807) is 0 Å². The summed E-state index contributed by atoms with van der Waals surface area (Å²) in [5, 5.41) is 9.34. The number of carboxylic acid groups (broad SMARTS) is 1. The van der Waals surface area contributed by atoms with Gasteiger partial charge in [-0.05, 0) is 86.4 Å². The molecule has 4 aliphatic rings. The molecule has 7 N–H and O–H groups in total. The first kappa shape index (κ1) is 31.7. The SMILES string of the molecule is C[C@H](CCC(=O)O)C1CC[C@H]2C3[C@H](OC(=O)CN)CC4C[C@H](OC(=O)CN)CCC4(C)[C@H]3C[C@H](OC(=O)CN)[C@]12C. The van der Waals surface area contributed by atoms with Crippen molar-refractivity contribution in [2.24, 2.45) is 63.5 Å². The van der Waals surface area contributed by atoms with Crippen LogP contribution >= 0.6 is 0 Å². The van der Waals surface area contributed by atoms with E-state index < -0.39 is 29.3 Å². The smallest absolute Gasteiger partial charge is 0.319 e. The van der Waals surface area contributed by atoms with Gasteiger partial charge in [0.05, 0.1) is 19.6 Å². The van der Waals surface area contributed by atoms with Gasteiger partial charge in [-0.3, -0.25) is 19.2 Å². The van der Waals surface area contributed by atoms with Crippen molar-refractivity contribution >= 4 is 23.9 Å². The number of nitrogens with two attached hydrogens (primary N) is 3. The Bertz CT molecular complexity index is 1010. The molecule has 0 amide bonds. The Morgan fingerprint density at radius 1 is 0.854 bits per heavy atom. The Morgan fingerprint density at radius 2 is 1.49 bits per heavy atom. The van der Waals surface area contributed by atoms with Crippen LogP contribution in [0.15, 0.2) is 0 Å². The molecule has 4 fully saturated rings. The summed E-state index contributed by atoms with van der Waals surface area (Å²) < 4.78 is 17.9. The van der Waals surface area contributed by atoms with E-state index in [9.17, 15) is 24.3 Å². The molecule has 0 heterocycles. The van der Waals surface area contributed by atoms with Gasteiger partial charge in [-0.1, -0.05) is 20.8 Å². The number of aliphatic carboxylic acids is 1. The van der Waals surface area contributed by atoms with Gasteiger partial charge in [-0.2, -0.15) is 0 Å². The van der Waals surface area contributed by atoms with Crippen LogP contribution in [0.3, 0.4) is 0 Å². The van der Waals surface area contributed by atoms with Crippen molar-refractivity contribution in [1.82, 2.24) is 0 Å². The van der Waals surface area contributed by atoms with E-state index in [0.717, 1.165) is 25.7 Å². The van der Waals surface area contributed by atoms with E-state index in [0.29, 0.717) is 25.7 Å². The summed E-state index contributed by atoms with van der Waals surface area (Å²) in [6, 6.07) is 0. The molecule has 11 atom stereocenters. The van der Waals surface area contributed by atoms with E-state index >= 15 is 0 Å². The van der Waals surface area contributed by atoms with Crippen LogP contribution in [0.4, 0.5) is 0 Å². The third kappa shape index (κ3) is 5.99. The number of hydrogen-bond donors (Lipinski definition) is 4. The van der Waals surface area contributed by atoms with Gasteiger partial charge in [0, 0.05) is 17.8 Å². The number of carbonyl (C=O) groups is 4. The molecule has 232 valence electrons. The molecule has 0 spiro atoms. The number of hydrogen-bond acceptors (Lipinski definition) is 10. The van der Waals surface area contributed by atoms with Crippen molar-refractivity contribution in [2.45, 2.75) is 96.9 Å². The fourth-order valence-electron chi connectivity index (χ4n) is 9.68. The first-order valence-electron chi connectivity index (χ1n) is 15.3. The summed E-state index contributed by atoms with van der Waals surface area (Å²) in [5.41, 5.74) is 16.3. The van der Waals surface area contributed by atoms with Gasteiger partial charge in [0.25, 0.3) is 0 Å². The normalized spacial score (nSPS) is 40.3. The molecule has 0 saturated heterocycles. The lowest BCUT2D eigenvalue weighted by Gasteiger charge is -2.64. The summed E-state index contributed by atoms with van der Waals surface area (Å²) in [6.45, 7) is 6.00. The summed E-state index contributed by atoms with van der Waals surface area (Å²) in [6.07, 6.45) is 4.89. The standard InChI is InChI=1S/C30H49N3O8/c1-16(4-7-24(34)35)19-5-6-20-28-21(12-23(30(19,20)3)41-27(38)15-33)29(2)9-8-18(39-25(36)13-31)10-17(29)11-22(28)40-26(37)14-32/h16-23,28H,4-15,31-33H2,1-3H3,(H,34,35)/t16-,17?,18-,19?,20+,21+,22-,23+,28?,29?,30-/m1/s1. The maximum Gasteiger partial charge on any atom is 0.319 e. The second kappa shape index (κ2) is 12.6. The number of ether oxygens (including phenoxy) is 3. The average molecular weight is 580 g/mol. The summed E-state index contributed by atoms with van der Waals surface area (Å²) in [7, 11) is 0. The maximum atomic E-state index is 12.7. The highest BCUT2D eigenvalue weighted by atomic mass is 16.6. The first-order valence-corrected chi connectivity index (χ1v) is 15.3. The molecule has 11 nitrogen and oxygen atoms in total. The minimum absolute atomic E-state index is 0.0457. The Morgan fingerprint density at radius 3 is 2.12 bits per heavy atom. The van der Waals surface area contributed by atoms with Gasteiger partial charge >= 0.3 is 23.9 Å². The van der Waals surface area contributed by atoms with Crippen LogP contribution in [-0.4, -0.2) is 66.9 Å². The van der Waals surface area contributed by atoms with Gasteiger partial charge in [0.1, 0.15) is 18.3 Å². The van der Waals surface area contributed by atoms with E-state index in [1.807, 2.05) is 0 Å². The Balaban J connectivity index is 1.72.